The van der Waals surface area contributed by atoms with Crippen LogP contribution in [0.25, 0.3) is 0 Å². The summed E-state index contributed by atoms with van der Waals surface area (Å²) < 4.78 is 24.3. The molecule has 0 aliphatic carbocycles. The van der Waals surface area contributed by atoms with E-state index in [1.807, 2.05) is 13.8 Å². The zero-order valence-corrected chi connectivity index (χ0v) is 23.8. The SMILES string of the molecule is C[C@H](C[C@H]1CC[C@@H]([C@H](C)C(=O)O[C@@H](C)C[C@@H]2CC[C@H]([C@@H](C)C(=O)O)O2)O1)O[Si](C)(C)C(C)(C)C. The van der Waals surface area contributed by atoms with Crippen LogP contribution in [0, 0.1) is 11.8 Å². The molecule has 0 radical (unpaired) electrons. The summed E-state index contributed by atoms with van der Waals surface area (Å²) >= 11 is 0. The van der Waals surface area contributed by atoms with Crippen LogP contribution in [0.15, 0.2) is 0 Å². The lowest BCUT2D eigenvalue weighted by molar-refractivity contribution is -0.159. The van der Waals surface area contributed by atoms with Gasteiger partial charge in [-0.25, -0.2) is 0 Å². The molecule has 0 saturated carbocycles. The molecule has 0 aromatic rings. The Morgan fingerprint density at radius 1 is 0.882 bits per heavy atom. The number of carboxylic acids is 1. The number of ether oxygens (including phenoxy) is 3. The van der Waals surface area contributed by atoms with E-state index in [4.69, 9.17) is 18.6 Å². The number of carbonyl (C=O) groups is 2. The number of hydrogen-bond acceptors (Lipinski definition) is 6. The zero-order chi connectivity index (χ0) is 25.8. The molecule has 0 aromatic heterocycles. The van der Waals surface area contributed by atoms with Gasteiger partial charge in [0.15, 0.2) is 8.32 Å². The Bertz CT molecular complexity index is 689. The fourth-order valence-electron chi connectivity index (χ4n) is 4.68. The molecule has 2 aliphatic heterocycles. The fraction of sp³-hybridized carbons (Fsp3) is 0.923. The third kappa shape index (κ3) is 8.03. The number of carboxylic acid groups (broad SMARTS) is 1. The predicted octanol–water partition coefficient (Wildman–Crippen LogP) is 5.56. The first kappa shape index (κ1) is 29.3. The molecule has 2 fully saturated rings. The summed E-state index contributed by atoms with van der Waals surface area (Å²) in [5.74, 6) is -1.93. The third-order valence-corrected chi connectivity index (χ3v) is 12.6. The van der Waals surface area contributed by atoms with Crippen LogP contribution in [0.3, 0.4) is 0 Å². The van der Waals surface area contributed by atoms with E-state index in [0.29, 0.717) is 6.42 Å². The van der Waals surface area contributed by atoms with E-state index in [1.54, 1.807) is 6.92 Å². The van der Waals surface area contributed by atoms with Crippen molar-refractivity contribution in [2.75, 3.05) is 0 Å². The van der Waals surface area contributed by atoms with Gasteiger partial charge in [0.05, 0.1) is 36.3 Å². The van der Waals surface area contributed by atoms with E-state index >= 15 is 0 Å². The monoisotopic (exact) mass is 500 g/mol. The first-order chi connectivity index (χ1) is 15.6. The average molecular weight is 501 g/mol. The topological polar surface area (TPSA) is 91.3 Å². The lowest BCUT2D eigenvalue weighted by Gasteiger charge is -2.39. The van der Waals surface area contributed by atoms with Gasteiger partial charge in [0.2, 0.25) is 0 Å². The summed E-state index contributed by atoms with van der Waals surface area (Å²) in [5, 5.41) is 9.35. The normalized spacial score (nSPS) is 29.4. The third-order valence-electron chi connectivity index (χ3n) is 7.97. The molecular weight excluding hydrogens is 452 g/mol. The average Bonchev–Trinajstić information content (AvgIpc) is 3.34. The second kappa shape index (κ2) is 11.8. The van der Waals surface area contributed by atoms with Gasteiger partial charge < -0.3 is 23.7 Å². The van der Waals surface area contributed by atoms with Crippen molar-refractivity contribution >= 4 is 20.3 Å². The zero-order valence-electron chi connectivity index (χ0n) is 22.8. The Kier molecular flexibility index (Phi) is 10.2. The Morgan fingerprint density at radius 3 is 1.82 bits per heavy atom. The quantitative estimate of drug-likeness (QED) is 0.293. The number of aliphatic carboxylic acids is 1. The van der Waals surface area contributed by atoms with E-state index in [-0.39, 0.29) is 53.5 Å². The van der Waals surface area contributed by atoms with Crippen LogP contribution in [0.4, 0.5) is 0 Å². The Balaban J connectivity index is 1.75. The number of esters is 1. The molecule has 8 atom stereocenters. The van der Waals surface area contributed by atoms with Crippen LogP contribution in [0.1, 0.15) is 87.0 Å². The smallest absolute Gasteiger partial charge is 0.311 e. The molecule has 7 nitrogen and oxygen atoms in total. The Labute approximate surface area is 207 Å². The molecule has 0 amide bonds. The first-order valence-electron chi connectivity index (χ1n) is 13.0. The standard InChI is InChI=1S/C26H48O7Si/c1-16(14-20-10-12-22(31-20)18(3)24(27)28)30-25(29)19(4)23-13-11-21(32-23)15-17(2)33-34(8,9)26(5,6)7/h16-23H,10-15H2,1-9H3,(H,27,28)/t16-,17+,18+,19-,20-,21+,22+,23-/m0/s1. The van der Waals surface area contributed by atoms with E-state index in [1.165, 1.54) is 0 Å². The van der Waals surface area contributed by atoms with E-state index in [0.717, 1.165) is 32.1 Å². The molecule has 8 heteroatoms. The van der Waals surface area contributed by atoms with Crippen molar-refractivity contribution in [2.45, 2.75) is 142 Å². The maximum atomic E-state index is 12.8. The minimum absolute atomic E-state index is 0.0700. The van der Waals surface area contributed by atoms with E-state index in [9.17, 15) is 14.7 Å². The highest BCUT2D eigenvalue weighted by atomic mass is 28.4. The van der Waals surface area contributed by atoms with Crippen LogP contribution in [-0.2, 0) is 28.2 Å². The van der Waals surface area contributed by atoms with Gasteiger partial charge >= 0.3 is 11.9 Å². The van der Waals surface area contributed by atoms with Gasteiger partial charge in [0.25, 0.3) is 0 Å². The van der Waals surface area contributed by atoms with Gasteiger partial charge in [-0.2, -0.15) is 0 Å². The molecule has 0 bridgehead atoms. The summed E-state index contributed by atoms with van der Waals surface area (Å²) in [7, 11) is -1.82. The lowest BCUT2D eigenvalue weighted by atomic mass is 10.0. The molecule has 0 aromatic carbocycles. The van der Waals surface area contributed by atoms with Crippen LogP contribution < -0.4 is 0 Å². The van der Waals surface area contributed by atoms with Gasteiger partial charge in [-0.15, -0.1) is 0 Å². The summed E-state index contributed by atoms with van der Waals surface area (Å²) in [5.41, 5.74) is 0. The molecule has 0 unspecified atom stereocenters. The van der Waals surface area contributed by atoms with Crippen LogP contribution in [-0.4, -0.2) is 62.0 Å². The fourth-order valence-corrected chi connectivity index (χ4v) is 6.14. The van der Waals surface area contributed by atoms with Gasteiger partial charge in [-0.1, -0.05) is 20.8 Å². The van der Waals surface area contributed by atoms with Crippen molar-refractivity contribution < 1.29 is 33.3 Å². The number of rotatable bonds is 11. The molecule has 2 aliphatic rings. The van der Waals surface area contributed by atoms with E-state index in [2.05, 4.69) is 40.8 Å². The second-order valence-electron chi connectivity index (χ2n) is 12.1. The molecule has 2 saturated heterocycles. The Morgan fingerprint density at radius 2 is 1.35 bits per heavy atom. The lowest BCUT2D eigenvalue weighted by Crippen LogP contribution is -2.44. The van der Waals surface area contributed by atoms with Crippen molar-refractivity contribution in [2.24, 2.45) is 11.8 Å². The maximum Gasteiger partial charge on any atom is 0.311 e. The van der Waals surface area contributed by atoms with E-state index < -0.39 is 20.2 Å². The van der Waals surface area contributed by atoms with Crippen molar-refractivity contribution in [3.05, 3.63) is 0 Å². The molecule has 198 valence electrons. The van der Waals surface area contributed by atoms with Crippen molar-refractivity contribution in [1.29, 1.82) is 0 Å². The minimum atomic E-state index is -1.82. The summed E-state index contributed by atoms with van der Waals surface area (Å²) in [6, 6.07) is 0. The van der Waals surface area contributed by atoms with Crippen LogP contribution >= 0.6 is 0 Å². The summed E-state index contributed by atoms with van der Waals surface area (Å²) in [6.45, 7) is 18.8. The highest BCUT2D eigenvalue weighted by Crippen LogP contribution is 2.38. The molecule has 2 rings (SSSR count). The second-order valence-corrected chi connectivity index (χ2v) is 16.8. The predicted molar refractivity (Wildman–Crippen MR) is 134 cm³/mol. The first-order valence-corrected chi connectivity index (χ1v) is 15.9. The number of hydrogen-bond donors (Lipinski definition) is 1. The summed E-state index contributed by atoms with van der Waals surface area (Å²) in [4.78, 5) is 23.9. The minimum Gasteiger partial charge on any atom is -0.481 e. The van der Waals surface area contributed by atoms with Gasteiger partial charge in [0.1, 0.15) is 6.10 Å². The van der Waals surface area contributed by atoms with Gasteiger partial charge in [-0.05, 0) is 77.9 Å². The molecule has 1 N–H and O–H groups in total. The van der Waals surface area contributed by atoms with Crippen molar-refractivity contribution in [3.63, 3.8) is 0 Å². The largest absolute Gasteiger partial charge is 0.481 e. The van der Waals surface area contributed by atoms with Crippen molar-refractivity contribution in [3.8, 4) is 0 Å². The van der Waals surface area contributed by atoms with Crippen LogP contribution in [0.5, 0.6) is 0 Å². The molecule has 2 heterocycles. The highest BCUT2D eigenvalue weighted by molar-refractivity contribution is 6.74. The molecule has 0 spiro atoms. The highest BCUT2D eigenvalue weighted by Gasteiger charge is 2.40. The van der Waals surface area contributed by atoms with Gasteiger partial charge in [-0.3, -0.25) is 9.59 Å². The molecular formula is C26H48O7Si. The van der Waals surface area contributed by atoms with Crippen molar-refractivity contribution in [1.82, 2.24) is 0 Å². The summed E-state index contributed by atoms with van der Waals surface area (Å²) in [6.07, 6.45) is 4.21. The van der Waals surface area contributed by atoms with Crippen LogP contribution in [0.2, 0.25) is 18.1 Å². The molecule has 34 heavy (non-hydrogen) atoms. The Hall–Kier alpha value is -0.963. The maximum absolute atomic E-state index is 12.8. The van der Waals surface area contributed by atoms with Gasteiger partial charge in [0, 0.05) is 12.5 Å². The number of carbonyl (C=O) groups excluding carboxylic acids is 1.